The molecule has 1 aromatic carbocycles. The fraction of sp³-hybridized carbons (Fsp3) is 0.250. The Morgan fingerprint density at radius 2 is 2.27 bits per heavy atom. The number of anilines is 1. The summed E-state index contributed by atoms with van der Waals surface area (Å²) in [6, 6.07) is 5.20. The number of nitrogen functional groups attached to an aromatic ring is 1. The van der Waals surface area contributed by atoms with Crippen molar-refractivity contribution in [3.8, 4) is 5.75 Å². The predicted molar refractivity (Wildman–Crippen MR) is 43.3 cm³/mol. The highest BCUT2D eigenvalue weighted by molar-refractivity contribution is 5.54. The van der Waals surface area contributed by atoms with Crippen LogP contribution in [0.5, 0.6) is 5.75 Å². The first-order valence-corrected chi connectivity index (χ1v) is 3.31. The van der Waals surface area contributed by atoms with Gasteiger partial charge in [0.15, 0.2) is 0 Å². The van der Waals surface area contributed by atoms with Gasteiger partial charge in [-0.15, -0.1) is 0 Å². The number of nitrogens with two attached hydrogens (primary N) is 1. The van der Waals surface area contributed by atoms with Gasteiger partial charge in [0.05, 0.1) is 19.4 Å². The van der Waals surface area contributed by atoms with Gasteiger partial charge in [0.2, 0.25) is 0 Å². The van der Waals surface area contributed by atoms with Crippen molar-refractivity contribution in [2.24, 2.45) is 0 Å². The van der Waals surface area contributed by atoms with Crippen LogP contribution in [-0.2, 0) is 6.61 Å². The van der Waals surface area contributed by atoms with Crippen molar-refractivity contribution in [1.29, 1.82) is 0 Å². The summed E-state index contributed by atoms with van der Waals surface area (Å²) in [7, 11) is 1.56. The lowest BCUT2D eigenvalue weighted by molar-refractivity contribution is 0.281. The Balaban J connectivity index is 2.99. The maximum absolute atomic E-state index is 8.73. The Labute approximate surface area is 65.4 Å². The van der Waals surface area contributed by atoms with E-state index < -0.39 is 0 Å². The molecule has 0 saturated carbocycles. The summed E-state index contributed by atoms with van der Waals surface area (Å²) in [5, 5.41) is 8.73. The molecule has 0 bridgehead atoms. The Bertz CT molecular complexity index is 248. The predicted octanol–water partition coefficient (Wildman–Crippen LogP) is 0.770. The summed E-state index contributed by atoms with van der Waals surface area (Å²) in [5.74, 6) is 0.641. The van der Waals surface area contributed by atoms with Crippen molar-refractivity contribution in [2.75, 3.05) is 12.8 Å². The maximum atomic E-state index is 8.73. The van der Waals surface area contributed by atoms with E-state index in [1.165, 1.54) is 0 Å². The Morgan fingerprint density at radius 3 is 2.73 bits per heavy atom. The van der Waals surface area contributed by atoms with Crippen LogP contribution in [0, 0.1) is 0 Å². The molecule has 3 N–H and O–H groups in total. The highest BCUT2D eigenvalue weighted by Crippen LogP contribution is 2.21. The first kappa shape index (κ1) is 7.88. The molecule has 11 heavy (non-hydrogen) atoms. The molecule has 0 amide bonds. The minimum atomic E-state index is 0.00813. The molecule has 0 heterocycles. The minimum absolute atomic E-state index is 0.00813. The zero-order chi connectivity index (χ0) is 8.27. The monoisotopic (exact) mass is 153 g/mol. The Kier molecular flexibility index (Phi) is 2.33. The summed E-state index contributed by atoms with van der Waals surface area (Å²) < 4.78 is 4.94. The average Bonchev–Trinajstić information content (AvgIpc) is 2.04. The molecule has 3 nitrogen and oxygen atoms in total. The largest absolute Gasteiger partial charge is 0.495 e. The normalized spacial score (nSPS) is 9.64. The average molecular weight is 153 g/mol. The number of hydrogen-bond donors (Lipinski definition) is 2. The van der Waals surface area contributed by atoms with E-state index in [0.717, 1.165) is 5.56 Å². The molecule has 0 aliphatic carbocycles. The lowest BCUT2D eigenvalue weighted by atomic mass is 10.2. The third-order valence-electron chi connectivity index (χ3n) is 1.48. The van der Waals surface area contributed by atoms with E-state index in [0.29, 0.717) is 11.4 Å². The zero-order valence-electron chi connectivity index (χ0n) is 6.37. The molecule has 0 aliphatic heterocycles. The van der Waals surface area contributed by atoms with Crippen molar-refractivity contribution in [2.45, 2.75) is 6.61 Å². The lowest BCUT2D eigenvalue weighted by Crippen LogP contribution is -1.93. The molecular formula is C8H11NO2. The van der Waals surface area contributed by atoms with Crippen molar-refractivity contribution in [1.82, 2.24) is 0 Å². The number of hydrogen-bond acceptors (Lipinski definition) is 3. The number of ether oxygens (including phenoxy) is 1. The van der Waals surface area contributed by atoms with Gasteiger partial charge in [-0.05, 0) is 17.7 Å². The van der Waals surface area contributed by atoms with E-state index in [4.69, 9.17) is 15.6 Å². The minimum Gasteiger partial charge on any atom is -0.495 e. The van der Waals surface area contributed by atoms with Crippen LogP contribution >= 0.6 is 0 Å². The van der Waals surface area contributed by atoms with Crippen LogP contribution in [0.15, 0.2) is 18.2 Å². The SMILES string of the molecule is COc1ccc(CO)cc1N. The first-order valence-electron chi connectivity index (χ1n) is 3.31. The van der Waals surface area contributed by atoms with Crippen LogP contribution in [0.3, 0.4) is 0 Å². The third kappa shape index (κ3) is 1.62. The quantitative estimate of drug-likeness (QED) is 0.617. The van der Waals surface area contributed by atoms with Crippen molar-refractivity contribution in [3.63, 3.8) is 0 Å². The van der Waals surface area contributed by atoms with Gasteiger partial charge in [-0.2, -0.15) is 0 Å². The molecule has 0 aliphatic rings. The van der Waals surface area contributed by atoms with Gasteiger partial charge in [0.1, 0.15) is 5.75 Å². The van der Waals surface area contributed by atoms with E-state index in [9.17, 15) is 0 Å². The Morgan fingerprint density at radius 1 is 1.55 bits per heavy atom. The summed E-state index contributed by atoms with van der Waals surface area (Å²) >= 11 is 0. The van der Waals surface area contributed by atoms with E-state index in [1.807, 2.05) is 0 Å². The molecule has 0 spiro atoms. The molecule has 0 radical (unpaired) electrons. The lowest BCUT2D eigenvalue weighted by Gasteiger charge is -2.04. The second kappa shape index (κ2) is 3.25. The van der Waals surface area contributed by atoms with Gasteiger partial charge >= 0.3 is 0 Å². The van der Waals surface area contributed by atoms with Gasteiger partial charge in [0.25, 0.3) is 0 Å². The highest BCUT2D eigenvalue weighted by Gasteiger charge is 1.98. The molecule has 0 fully saturated rings. The van der Waals surface area contributed by atoms with Gasteiger partial charge in [-0.3, -0.25) is 0 Å². The van der Waals surface area contributed by atoms with Crippen LogP contribution in [0.1, 0.15) is 5.56 Å². The zero-order valence-corrected chi connectivity index (χ0v) is 6.37. The molecule has 1 aromatic rings. The van der Waals surface area contributed by atoms with Crippen LogP contribution in [0.4, 0.5) is 5.69 Å². The molecule has 60 valence electrons. The standard InChI is InChI=1S/C8H11NO2/c1-11-8-3-2-6(5-10)4-7(8)9/h2-4,10H,5,9H2,1H3. The molecular weight excluding hydrogens is 142 g/mol. The van der Waals surface area contributed by atoms with Crippen LogP contribution in [0.2, 0.25) is 0 Å². The van der Waals surface area contributed by atoms with E-state index in [-0.39, 0.29) is 6.61 Å². The van der Waals surface area contributed by atoms with Crippen molar-refractivity contribution >= 4 is 5.69 Å². The third-order valence-corrected chi connectivity index (χ3v) is 1.48. The topological polar surface area (TPSA) is 55.5 Å². The van der Waals surface area contributed by atoms with Crippen LogP contribution in [-0.4, -0.2) is 12.2 Å². The molecule has 0 aromatic heterocycles. The van der Waals surface area contributed by atoms with Gasteiger partial charge in [-0.25, -0.2) is 0 Å². The number of rotatable bonds is 2. The van der Waals surface area contributed by atoms with Gasteiger partial charge in [-0.1, -0.05) is 6.07 Å². The number of aliphatic hydroxyl groups is 1. The summed E-state index contributed by atoms with van der Waals surface area (Å²) in [4.78, 5) is 0. The summed E-state index contributed by atoms with van der Waals surface area (Å²) in [5.41, 5.74) is 6.92. The molecule has 1 rings (SSSR count). The first-order chi connectivity index (χ1) is 5.27. The molecule has 3 heteroatoms. The fourth-order valence-electron chi connectivity index (χ4n) is 0.882. The van der Waals surface area contributed by atoms with E-state index >= 15 is 0 Å². The molecule has 0 saturated heterocycles. The molecule has 0 atom stereocenters. The van der Waals surface area contributed by atoms with Crippen LogP contribution in [0.25, 0.3) is 0 Å². The van der Waals surface area contributed by atoms with Crippen molar-refractivity contribution < 1.29 is 9.84 Å². The van der Waals surface area contributed by atoms with E-state index in [1.54, 1.807) is 25.3 Å². The van der Waals surface area contributed by atoms with Crippen molar-refractivity contribution in [3.05, 3.63) is 23.8 Å². The smallest absolute Gasteiger partial charge is 0.141 e. The van der Waals surface area contributed by atoms with Gasteiger partial charge < -0.3 is 15.6 Å². The molecule has 0 unspecified atom stereocenters. The number of benzene rings is 1. The highest BCUT2D eigenvalue weighted by atomic mass is 16.5. The van der Waals surface area contributed by atoms with E-state index in [2.05, 4.69) is 0 Å². The Hall–Kier alpha value is -1.22. The maximum Gasteiger partial charge on any atom is 0.141 e. The van der Waals surface area contributed by atoms with Crippen LogP contribution < -0.4 is 10.5 Å². The number of methoxy groups -OCH3 is 1. The summed E-state index contributed by atoms with van der Waals surface area (Å²) in [6.07, 6.45) is 0. The second-order valence-corrected chi connectivity index (χ2v) is 2.23. The summed E-state index contributed by atoms with van der Waals surface area (Å²) in [6.45, 7) is 0.00813. The van der Waals surface area contributed by atoms with Gasteiger partial charge in [0, 0.05) is 0 Å². The second-order valence-electron chi connectivity index (χ2n) is 2.23. The number of aliphatic hydroxyl groups excluding tert-OH is 1. The fourth-order valence-corrected chi connectivity index (χ4v) is 0.882.